The summed E-state index contributed by atoms with van der Waals surface area (Å²) in [5.41, 5.74) is 6.21. The van der Waals surface area contributed by atoms with E-state index in [1.165, 1.54) is 12.1 Å². The molecule has 0 amide bonds. The van der Waals surface area contributed by atoms with Gasteiger partial charge in [-0.3, -0.25) is 0 Å². The fourth-order valence-electron chi connectivity index (χ4n) is 1.67. The fraction of sp³-hybridized carbons (Fsp3) is 0.143. The van der Waals surface area contributed by atoms with E-state index in [4.69, 9.17) is 22.1 Å². The van der Waals surface area contributed by atoms with Gasteiger partial charge in [0.05, 0.1) is 4.90 Å². The molecule has 2 aromatic carbocycles. The Balaban J connectivity index is 1.88. The number of sulfonamides is 1. The molecule has 0 atom stereocenters. The molecule has 2 rings (SSSR count). The van der Waals surface area contributed by atoms with Gasteiger partial charge < -0.3 is 10.5 Å². The number of rotatable bonds is 6. The number of halogens is 1. The highest BCUT2D eigenvalue weighted by Gasteiger charge is 2.13. The molecule has 21 heavy (non-hydrogen) atoms. The Morgan fingerprint density at radius 1 is 1.14 bits per heavy atom. The van der Waals surface area contributed by atoms with E-state index < -0.39 is 10.0 Å². The summed E-state index contributed by atoms with van der Waals surface area (Å²) in [6.45, 7) is 0.340. The quantitative estimate of drug-likeness (QED) is 0.630. The van der Waals surface area contributed by atoms with Crippen LogP contribution in [-0.4, -0.2) is 21.6 Å². The number of hydrogen-bond acceptors (Lipinski definition) is 4. The van der Waals surface area contributed by atoms with Gasteiger partial charge in [-0.1, -0.05) is 23.7 Å². The highest BCUT2D eigenvalue weighted by molar-refractivity contribution is 7.89. The molecule has 0 saturated carbocycles. The van der Waals surface area contributed by atoms with Gasteiger partial charge in [0.2, 0.25) is 10.0 Å². The van der Waals surface area contributed by atoms with E-state index >= 15 is 0 Å². The number of nitrogens with two attached hydrogens (primary N) is 1. The smallest absolute Gasteiger partial charge is 0.240 e. The monoisotopic (exact) mass is 326 g/mol. The van der Waals surface area contributed by atoms with Crippen molar-refractivity contribution in [2.45, 2.75) is 4.90 Å². The Morgan fingerprint density at radius 3 is 2.62 bits per heavy atom. The molecular weight excluding hydrogens is 312 g/mol. The van der Waals surface area contributed by atoms with Gasteiger partial charge >= 0.3 is 0 Å². The van der Waals surface area contributed by atoms with E-state index in [0.29, 0.717) is 16.5 Å². The normalized spacial score (nSPS) is 11.3. The molecular formula is C14H15ClN2O3S. The molecule has 2 aromatic rings. The minimum Gasteiger partial charge on any atom is -0.492 e. The molecule has 0 aliphatic rings. The van der Waals surface area contributed by atoms with Gasteiger partial charge in [-0.2, -0.15) is 0 Å². The lowest BCUT2D eigenvalue weighted by Gasteiger charge is -2.09. The summed E-state index contributed by atoms with van der Waals surface area (Å²) in [7, 11) is -3.58. The van der Waals surface area contributed by atoms with Crippen LogP contribution in [0.25, 0.3) is 0 Å². The summed E-state index contributed by atoms with van der Waals surface area (Å²) in [4.78, 5) is 0.124. The maximum atomic E-state index is 12.0. The molecule has 7 heteroatoms. The maximum Gasteiger partial charge on any atom is 0.240 e. The van der Waals surface area contributed by atoms with Crippen LogP contribution in [0.5, 0.6) is 5.75 Å². The van der Waals surface area contributed by atoms with Gasteiger partial charge in [-0.05, 0) is 30.3 Å². The fourth-order valence-corrected chi connectivity index (χ4v) is 2.98. The summed E-state index contributed by atoms with van der Waals surface area (Å²) in [5.74, 6) is 0.594. The average Bonchev–Trinajstić information content (AvgIpc) is 2.44. The van der Waals surface area contributed by atoms with Crippen LogP contribution in [0.1, 0.15) is 0 Å². The SMILES string of the molecule is Nc1cccc(OCCNS(=O)(=O)c2cccc(Cl)c2)c1. The van der Waals surface area contributed by atoms with Crippen LogP contribution in [0, 0.1) is 0 Å². The summed E-state index contributed by atoms with van der Waals surface area (Å²) in [6, 6.07) is 13.0. The largest absolute Gasteiger partial charge is 0.492 e. The second kappa shape index (κ2) is 6.80. The molecule has 5 nitrogen and oxygen atoms in total. The second-order valence-corrected chi connectivity index (χ2v) is 6.48. The standard InChI is InChI=1S/C14H15ClN2O3S/c15-11-3-1-6-14(9-11)21(18,19)17-7-8-20-13-5-2-4-12(16)10-13/h1-6,9-10,17H,7-8,16H2. The zero-order valence-electron chi connectivity index (χ0n) is 11.1. The third-order valence-corrected chi connectivity index (χ3v) is 4.32. The minimum atomic E-state index is -3.58. The molecule has 0 radical (unpaired) electrons. The average molecular weight is 327 g/mol. The predicted molar refractivity (Wildman–Crippen MR) is 83.0 cm³/mol. The lowest BCUT2D eigenvalue weighted by atomic mass is 10.3. The number of nitrogens with one attached hydrogen (secondary N) is 1. The van der Waals surface area contributed by atoms with Gasteiger partial charge in [-0.25, -0.2) is 13.1 Å². The van der Waals surface area contributed by atoms with Crippen LogP contribution in [0.15, 0.2) is 53.4 Å². The summed E-state index contributed by atoms with van der Waals surface area (Å²) < 4.78 is 31.9. The topological polar surface area (TPSA) is 81.4 Å². The van der Waals surface area contributed by atoms with Crippen LogP contribution >= 0.6 is 11.6 Å². The first-order chi connectivity index (χ1) is 9.97. The lowest BCUT2D eigenvalue weighted by molar-refractivity contribution is 0.323. The van der Waals surface area contributed by atoms with E-state index in [2.05, 4.69) is 4.72 Å². The molecule has 0 bridgehead atoms. The Labute approximate surface area is 128 Å². The second-order valence-electron chi connectivity index (χ2n) is 4.28. The summed E-state index contributed by atoms with van der Waals surface area (Å²) in [5, 5.41) is 0.369. The molecule has 3 N–H and O–H groups in total. The third-order valence-electron chi connectivity index (χ3n) is 2.63. The minimum absolute atomic E-state index is 0.124. The van der Waals surface area contributed by atoms with E-state index in [0.717, 1.165) is 0 Å². The molecule has 112 valence electrons. The van der Waals surface area contributed by atoms with Crippen molar-refractivity contribution in [2.24, 2.45) is 0 Å². The van der Waals surface area contributed by atoms with Crippen molar-refractivity contribution in [1.29, 1.82) is 0 Å². The number of anilines is 1. The molecule has 0 aliphatic heterocycles. The Hall–Kier alpha value is -1.76. The number of benzene rings is 2. The van der Waals surface area contributed by atoms with Gasteiger partial charge in [0, 0.05) is 23.3 Å². The molecule has 0 spiro atoms. The third kappa shape index (κ3) is 4.63. The van der Waals surface area contributed by atoms with Gasteiger partial charge in [0.1, 0.15) is 12.4 Å². The first-order valence-electron chi connectivity index (χ1n) is 6.21. The molecule has 0 unspecified atom stereocenters. The van der Waals surface area contributed by atoms with Crippen LogP contribution < -0.4 is 15.2 Å². The molecule has 0 saturated heterocycles. The van der Waals surface area contributed by atoms with Crippen molar-refractivity contribution in [2.75, 3.05) is 18.9 Å². The van der Waals surface area contributed by atoms with Gasteiger partial charge in [0.25, 0.3) is 0 Å². The Kier molecular flexibility index (Phi) is 5.06. The Morgan fingerprint density at radius 2 is 1.90 bits per heavy atom. The number of ether oxygens (including phenoxy) is 1. The zero-order chi connectivity index (χ0) is 15.3. The van der Waals surface area contributed by atoms with Crippen molar-refractivity contribution in [3.05, 3.63) is 53.6 Å². The van der Waals surface area contributed by atoms with Crippen LogP contribution in [0.2, 0.25) is 5.02 Å². The summed E-state index contributed by atoms with van der Waals surface area (Å²) >= 11 is 5.78. The molecule has 0 fully saturated rings. The Bertz CT molecular complexity index is 720. The van der Waals surface area contributed by atoms with Crippen molar-refractivity contribution in [3.63, 3.8) is 0 Å². The van der Waals surface area contributed by atoms with Crippen LogP contribution in [0.4, 0.5) is 5.69 Å². The summed E-state index contributed by atoms with van der Waals surface area (Å²) in [6.07, 6.45) is 0. The van der Waals surface area contributed by atoms with Gasteiger partial charge in [-0.15, -0.1) is 0 Å². The highest BCUT2D eigenvalue weighted by Crippen LogP contribution is 2.16. The molecule has 0 aliphatic carbocycles. The maximum absolute atomic E-state index is 12.0. The highest BCUT2D eigenvalue weighted by atomic mass is 35.5. The van der Waals surface area contributed by atoms with Crippen molar-refractivity contribution < 1.29 is 13.2 Å². The van der Waals surface area contributed by atoms with E-state index in [-0.39, 0.29) is 18.0 Å². The number of nitrogen functional groups attached to an aromatic ring is 1. The molecule has 0 heterocycles. The zero-order valence-corrected chi connectivity index (χ0v) is 12.7. The van der Waals surface area contributed by atoms with Gasteiger partial charge in [0.15, 0.2) is 0 Å². The van der Waals surface area contributed by atoms with Crippen molar-refractivity contribution in [1.82, 2.24) is 4.72 Å². The number of hydrogen-bond donors (Lipinski definition) is 2. The van der Waals surface area contributed by atoms with E-state index in [1.807, 2.05) is 0 Å². The van der Waals surface area contributed by atoms with Crippen molar-refractivity contribution >= 4 is 27.3 Å². The van der Waals surface area contributed by atoms with Crippen molar-refractivity contribution in [3.8, 4) is 5.75 Å². The molecule has 0 aromatic heterocycles. The van der Waals surface area contributed by atoms with E-state index in [9.17, 15) is 8.42 Å². The van der Waals surface area contributed by atoms with E-state index in [1.54, 1.807) is 36.4 Å². The lowest BCUT2D eigenvalue weighted by Crippen LogP contribution is -2.28. The predicted octanol–water partition coefficient (Wildman–Crippen LogP) is 2.28. The first kappa shape index (κ1) is 15.6. The first-order valence-corrected chi connectivity index (χ1v) is 8.07. The van der Waals surface area contributed by atoms with Crippen LogP contribution in [-0.2, 0) is 10.0 Å². The van der Waals surface area contributed by atoms with Crippen LogP contribution in [0.3, 0.4) is 0 Å².